The van der Waals surface area contributed by atoms with Gasteiger partial charge in [0, 0.05) is 6.61 Å². The van der Waals surface area contributed by atoms with Crippen LogP contribution in [-0.4, -0.2) is 26.3 Å². The van der Waals surface area contributed by atoms with Gasteiger partial charge in [-0.1, -0.05) is 40.0 Å². The third-order valence-corrected chi connectivity index (χ3v) is 3.53. The largest absolute Gasteiger partial charge is 0.381 e. The summed E-state index contributed by atoms with van der Waals surface area (Å²) in [5, 5.41) is 3.49. The second-order valence-corrected chi connectivity index (χ2v) is 6.20. The first-order valence-electron chi connectivity index (χ1n) is 7.47. The molecule has 1 aliphatic rings. The molecule has 0 heterocycles. The summed E-state index contributed by atoms with van der Waals surface area (Å²) in [4.78, 5) is 0. The van der Waals surface area contributed by atoms with Crippen molar-refractivity contribution < 1.29 is 4.74 Å². The highest BCUT2D eigenvalue weighted by Crippen LogP contribution is 2.23. The third-order valence-electron chi connectivity index (χ3n) is 3.53. The van der Waals surface area contributed by atoms with E-state index in [-0.39, 0.29) is 0 Å². The summed E-state index contributed by atoms with van der Waals surface area (Å²) < 4.78 is 5.85. The van der Waals surface area contributed by atoms with Crippen molar-refractivity contribution in [2.45, 2.75) is 52.9 Å². The minimum Gasteiger partial charge on any atom is -0.381 e. The molecule has 1 N–H and O–H groups in total. The van der Waals surface area contributed by atoms with Gasteiger partial charge in [0.1, 0.15) is 0 Å². The third kappa shape index (κ3) is 7.77. The summed E-state index contributed by atoms with van der Waals surface area (Å²) in [6.07, 6.45) is 7.05. The van der Waals surface area contributed by atoms with Crippen LogP contribution in [0.15, 0.2) is 0 Å². The summed E-state index contributed by atoms with van der Waals surface area (Å²) >= 11 is 0. The maximum atomic E-state index is 5.85. The smallest absolute Gasteiger partial charge is 0.0503 e. The fourth-order valence-corrected chi connectivity index (χ4v) is 2.47. The second kappa shape index (κ2) is 8.93. The maximum Gasteiger partial charge on any atom is 0.0503 e. The lowest BCUT2D eigenvalue weighted by Crippen LogP contribution is -2.28. The van der Waals surface area contributed by atoms with Gasteiger partial charge in [-0.05, 0) is 43.7 Å². The molecule has 0 radical (unpaired) electrons. The number of nitrogens with one attached hydrogen (secondary N) is 1. The van der Waals surface area contributed by atoms with E-state index in [1.165, 1.54) is 32.1 Å². The molecule has 0 aliphatic heterocycles. The van der Waals surface area contributed by atoms with E-state index in [4.69, 9.17) is 4.74 Å². The van der Waals surface area contributed by atoms with Gasteiger partial charge in [0.25, 0.3) is 0 Å². The van der Waals surface area contributed by atoms with Crippen molar-refractivity contribution >= 4 is 0 Å². The van der Waals surface area contributed by atoms with Gasteiger partial charge in [0.2, 0.25) is 0 Å². The van der Waals surface area contributed by atoms with Crippen molar-refractivity contribution in [2.24, 2.45) is 17.8 Å². The van der Waals surface area contributed by atoms with Crippen LogP contribution in [0, 0.1) is 17.8 Å². The lowest BCUT2D eigenvalue weighted by atomic mass is 9.90. The van der Waals surface area contributed by atoms with Crippen molar-refractivity contribution in [1.82, 2.24) is 5.32 Å². The number of rotatable bonds is 8. The van der Waals surface area contributed by atoms with Gasteiger partial charge in [0.15, 0.2) is 0 Å². The highest BCUT2D eigenvalue weighted by Gasteiger charge is 2.13. The van der Waals surface area contributed by atoms with E-state index >= 15 is 0 Å². The van der Waals surface area contributed by atoms with Crippen molar-refractivity contribution in [3.8, 4) is 0 Å². The van der Waals surface area contributed by atoms with Crippen LogP contribution in [0.4, 0.5) is 0 Å². The first-order chi connectivity index (χ1) is 8.18. The van der Waals surface area contributed by atoms with E-state index in [2.05, 4.69) is 26.1 Å². The Balaban J connectivity index is 1.93. The van der Waals surface area contributed by atoms with E-state index in [9.17, 15) is 0 Å². The highest BCUT2D eigenvalue weighted by atomic mass is 16.5. The van der Waals surface area contributed by atoms with Crippen LogP contribution in [0.3, 0.4) is 0 Å². The van der Waals surface area contributed by atoms with Gasteiger partial charge in [-0.3, -0.25) is 0 Å². The van der Waals surface area contributed by atoms with Gasteiger partial charge < -0.3 is 10.1 Å². The molecule has 1 atom stereocenters. The molecule has 17 heavy (non-hydrogen) atoms. The topological polar surface area (TPSA) is 21.3 Å². The molecular formula is C15H31NO. The summed E-state index contributed by atoms with van der Waals surface area (Å²) in [7, 11) is 0. The molecule has 0 spiro atoms. The second-order valence-electron chi connectivity index (χ2n) is 6.20. The molecule has 1 fully saturated rings. The van der Waals surface area contributed by atoms with Crippen LogP contribution in [0.2, 0.25) is 0 Å². The molecule has 1 saturated carbocycles. The van der Waals surface area contributed by atoms with E-state index in [0.29, 0.717) is 5.92 Å². The zero-order chi connectivity index (χ0) is 12.5. The number of hydrogen-bond donors (Lipinski definition) is 1. The van der Waals surface area contributed by atoms with Crippen LogP contribution in [-0.2, 0) is 4.74 Å². The van der Waals surface area contributed by atoms with E-state index in [0.717, 1.165) is 38.1 Å². The summed E-state index contributed by atoms with van der Waals surface area (Å²) in [5.41, 5.74) is 0. The maximum absolute atomic E-state index is 5.85. The minimum absolute atomic E-state index is 0.636. The molecule has 0 saturated heterocycles. The van der Waals surface area contributed by atoms with Crippen molar-refractivity contribution in [1.29, 1.82) is 0 Å². The Morgan fingerprint density at radius 3 is 2.41 bits per heavy atom. The fraction of sp³-hybridized carbons (Fsp3) is 1.00. The Kier molecular flexibility index (Phi) is 7.87. The molecule has 2 heteroatoms. The molecule has 1 rings (SSSR count). The minimum atomic E-state index is 0.636. The van der Waals surface area contributed by atoms with Gasteiger partial charge >= 0.3 is 0 Å². The van der Waals surface area contributed by atoms with Crippen molar-refractivity contribution in [3.63, 3.8) is 0 Å². The van der Waals surface area contributed by atoms with Crippen LogP contribution in [0.1, 0.15) is 52.9 Å². The molecular weight excluding hydrogens is 210 g/mol. The zero-order valence-electron chi connectivity index (χ0n) is 12.0. The normalized spacial score (nSPS) is 19.8. The van der Waals surface area contributed by atoms with Gasteiger partial charge in [-0.25, -0.2) is 0 Å². The summed E-state index contributed by atoms with van der Waals surface area (Å²) in [6.45, 7) is 10.9. The van der Waals surface area contributed by atoms with Gasteiger partial charge in [0.05, 0.1) is 6.61 Å². The van der Waals surface area contributed by atoms with E-state index in [1.54, 1.807) is 0 Å². The SMILES string of the molecule is CC(C)CNCC(C)COCC1CCCCC1. The monoisotopic (exact) mass is 241 g/mol. The Labute approximate surface area is 108 Å². The molecule has 0 aromatic heterocycles. The Bertz CT molecular complexity index is 176. The van der Waals surface area contributed by atoms with Crippen molar-refractivity contribution in [3.05, 3.63) is 0 Å². The Hall–Kier alpha value is -0.0800. The average Bonchev–Trinajstić information content (AvgIpc) is 2.30. The molecule has 0 amide bonds. The molecule has 1 aliphatic carbocycles. The Morgan fingerprint density at radius 1 is 1.06 bits per heavy atom. The first kappa shape index (κ1) is 15.0. The van der Waals surface area contributed by atoms with E-state index < -0.39 is 0 Å². The fourth-order valence-electron chi connectivity index (χ4n) is 2.47. The van der Waals surface area contributed by atoms with Crippen LogP contribution in [0.25, 0.3) is 0 Å². The summed E-state index contributed by atoms with van der Waals surface area (Å²) in [6, 6.07) is 0. The van der Waals surface area contributed by atoms with Crippen molar-refractivity contribution in [2.75, 3.05) is 26.3 Å². The average molecular weight is 241 g/mol. The number of ether oxygens (including phenoxy) is 1. The van der Waals surface area contributed by atoms with Crippen LogP contribution < -0.4 is 5.32 Å². The van der Waals surface area contributed by atoms with Gasteiger partial charge in [-0.15, -0.1) is 0 Å². The predicted molar refractivity (Wildman–Crippen MR) is 74.3 cm³/mol. The molecule has 102 valence electrons. The molecule has 1 unspecified atom stereocenters. The standard InChI is InChI=1S/C15H31NO/c1-13(2)9-16-10-14(3)11-17-12-15-7-5-4-6-8-15/h13-16H,4-12H2,1-3H3. The van der Waals surface area contributed by atoms with E-state index in [1.807, 2.05) is 0 Å². The molecule has 0 aromatic carbocycles. The quantitative estimate of drug-likeness (QED) is 0.702. The first-order valence-corrected chi connectivity index (χ1v) is 7.47. The molecule has 0 bridgehead atoms. The molecule has 2 nitrogen and oxygen atoms in total. The number of hydrogen-bond acceptors (Lipinski definition) is 2. The predicted octanol–water partition coefficient (Wildman–Crippen LogP) is 3.47. The highest BCUT2D eigenvalue weighted by molar-refractivity contribution is 4.65. The zero-order valence-corrected chi connectivity index (χ0v) is 12.0. The lowest BCUT2D eigenvalue weighted by molar-refractivity contribution is 0.0639. The lowest BCUT2D eigenvalue weighted by Gasteiger charge is -2.22. The van der Waals surface area contributed by atoms with Gasteiger partial charge in [-0.2, -0.15) is 0 Å². The Morgan fingerprint density at radius 2 is 1.76 bits per heavy atom. The summed E-state index contributed by atoms with van der Waals surface area (Å²) in [5.74, 6) is 2.22. The molecule has 0 aromatic rings. The van der Waals surface area contributed by atoms with Crippen LogP contribution >= 0.6 is 0 Å². The van der Waals surface area contributed by atoms with Crippen LogP contribution in [0.5, 0.6) is 0 Å².